The molecular formula is C16H20N6O. The van der Waals surface area contributed by atoms with Crippen molar-refractivity contribution in [2.75, 3.05) is 23.8 Å². The minimum Gasteiger partial charge on any atom is -0.396 e. The quantitative estimate of drug-likeness (QED) is 0.605. The smallest absolute Gasteiger partial charge is 0.226 e. The van der Waals surface area contributed by atoms with E-state index in [1.807, 2.05) is 32.2 Å². The Kier molecular flexibility index (Phi) is 4.38. The van der Waals surface area contributed by atoms with Crippen LogP contribution in [0.1, 0.15) is 12.0 Å². The summed E-state index contributed by atoms with van der Waals surface area (Å²) in [6, 6.07) is 8.10. The van der Waals surface area contributed by atoms with Crippen LogP contribution in [0.4, 0.5) is 17.5 Å². The maximum Gasteiger partial charge on any atom is 0.226 e. The second-order valence-corrected chi connectivity index (χ2v) is 5.40. The van der Waals surface area contributed by atoms with Gasteiger partial charge in [0, 0.05) is 25.9 Å². The zero-order valence-electron chi connectivity index (χ0n) is 13.2. The molecule has 0 radical (unpaired) electrons. The molecule has 1 aromatic carbocycles. The van der Waals surface area contributed by atoms with Crippen LogP contribution in [-0.2, 0) is 7.05 Å². The van der Waals surface area contributed by atoms with Gasteiger partial charge in [0.25, 0.3) is 0 Å². The van der Waals surface area contributed by atoms with Gasteiger partial charge in [-0.3, -0.25) is 4.68 Å². The molecule has 2 heterocycles. The van der Waals surface area contributed by atoms with Crippen molar-refractivity contribution in [3.8, 4) is 0 Å². The molecule has 0 aliphatic heterocycles. The zero-order valence-corrected chi connectivity index (χ0v) is 13.2. The Morgan fingerprint density at radius 2 is 2.13 bits per heavy atom. The number of hydrogen-bond acceptors (Lipinski definition) is 6. The molecular weight excluding hydrogens is 292 g/mol. The topological polar surface area (TPSA) is 87.9 Å². The third-order valence-electron chi connectivity index (χ3n) is 3.49. The monoisotopic (exact) mass is 312 g/mol. The standard InChI is InChI=1S/C16H20N6O/c1-11-5-3-6-12(9-11)19-14-13-10-18-22(2)15(13)21-16(20-14)17-7-4-8-23/h3,5-6,9-10,23H,4,7-8H2,1-2H3,(H2,17,19,20,21). The van der Waals surface area contributed by atoms with Crippen molar-refractivity contribution < 1.29 is 5.11 Å². The van der Waals surface area contributed by atoms with E-state index in [0.29, 0.717) is 24.7 Å². The van der Waals surface area contributed by atoms with Crippen molar-refractivity contribution in [3.05, 3.63) is 36.0 Å². The molecule has 0 fully saturated rings. The molecule has 3 N–H and O–H groups in total. The van der Waals surface area contributed by atoms with Crippen LogP contribution in [0, 0.1) is 6.92 Å². The number of aliphatic hydroxyl groups is 1. The summed E-state index contributed by atoms with van der Waals surface area (Å²) in [6.07, 6.45) is 2.40. The average molecular weight is 312 g/mol. The predicted molar refractivity (Wildman–Crippen MR) is 91.0 cm³/mol. The number of anilines is 3. The van der Waals surface area contributed by atoms with E-state index in [1.54, 1.807) is 10.9 Å². The summed E-state index contributed by atoms with van der Waals surface area (Å²) >= 11 is 0. The number of nitrogens with zero attached hydrogens (tertiary/aromatic N) is 4. The SMILES string of the molecule is Cc1cccc(Nc2nc(NCCCO)nc3c2cnn3C)c1. The van der Waals surface area contributed by atoms with Gasteiger partial charge in [-0.25, -0.2) is 0 Å². The number of nitrogens with one attached hydrogen (secondary N) is 2. The molecule has 7 heteroatoms. The van der Waals surface area contributed by atoms with Gasteiger partial charge in [0.15, 0.2) is 5.65 Å². The molecule has 3 rings (SSSR count). The Balaban J connectivity index is 1.96. The van der Waals surface area contributed by atoms with Gasteiger partial charge < -0.3 is 15.7 Å². The maximum absolute atomic E-state index is 8.90. The van der Waals surface area contributed by atoms with Crippen molar-refractivity contribution in [2.45, 2.75) is 13.3 Å². The third-order valence-corrected chi connectivity index (χ3v) is 3.49. The third kappa shape index (κ3) is 3.40. The first-order valence-electron chi connectivity index (χ1n) is 7.55. The number of aryl methyl sites for hydroxylation is 2. The van der Waals surface area contributed by atoms with Gasteiger partial charge >= 0.3 is 0 Å². The summed E-state index contributed by atoms with van der Waals surface area (Å²) < 4.78 is 1.72. The molecule has 3 aromatic rings. The van der Waals surface area contributed by atoms with Gasteiger partial charge in [0.1, 0.15) is 5.82 Å². The Hall–Kier alpha value is -2.67. The summed E-state index contributed by atoms with van der Waals surface area (Å²) in [5, 5.41) is 20.5. The van der Waals surface area contributed by atoms with Crippen LogP contribution in [0.5, 0.6) is 0 Å². The molecule has 0 saturated carbocycles. The highest BCUT2D eigenvalue weighted by Crippen LogP contribution is 2.25. The highest BCUT2D eigenvalue weighted by molar-refractivity contribution is 5.89. The van der Waals surface area contributed by atoms with Crippen molar-refractivity contribution >= 4 is 28.5 Å². The van der Waals surface area contributed by atoms with Crippen molar-refractivity contribution in [2.24, 2.45) is 7.05 Å². The molecule has 7 nitrogen and oxygen atoms in total. The average Bonchev–Trinajstić information content (AvgIpc) is 2.90. The number of aliphatic hydroxyl groups excluding tert-OH is 1. The molecule has 0 aliphatic carbocycles. The lowest BCUT2D eigenvalue weighted by molar-refractivity contribution is 0.292. The van der Waals surface area contributed by atoms with Crippen LogP contribution in [0.3, 0.4) is 0 Å². The second-order valence-electron chi connectivity index (χ2n) is 5.40. The highest BCUT2D eigenvalue weighted by atomic mass is 16.3. The Morgan fingerprint density at radius 3 is 2.91 bits per heavy atom. The summed E-state index contributed by atoms with van der Waals surface area (Å²) in [5.74, 6) is 1.23. The first-order chi connectivity index (χ1) is 11.2. The molecule has 0 atom stereocenters. The zero-order chi connectivity index (χ0) is 16.2. The van der Waals surface area contributed by atoms with Crippen molar-refractivity contribution in [1.82, 2.24) is 19.7 Å². The largest absolute Gasteiger partial charge is 0.396 e. The van der Waals surface area contributed by atoms with Gasteiger partial charge in [-0.15, -0.1) is 0 Å². The molecule has 2 aromatic heterocycles. The molecule has 0 spiro atoms. The van der Waals surface area contributed by atoms with E-state index in [1.165, 1.54) is 5.56 Å². The van der Waals surface area contributed by atoms with Crippen LogP contribution >= 0.6 is 0 Å². The summed E-state index contributed by atoms with van der Waals surface area (Å²) in [5.41, 5.74) is 2.89. The fraction of sp³-hybridized carbons (Fsp3) is 0.312. The molecule has 0 aliphatic rings. The van der Waals surface area contributed by atoms with Crippen LogP contribution < -0.4 is 10.6 Å². The highest BCUT2D eigenvalue weighted by Gasteiger charge is 2.11. The molecule has 0 saturated heterocycles. The molecule has 0 amide bonds. The van der Waals surface area contributed by atoms with E-state index in [0.717, 1.165) is 16.7 Å². The number of fused-ring (bicyclic) bond motifs is 1. The molecule has 0 unspecified atom stereocenters. The number of aromatic nitrogens is 4. The Labute approximate surface area is 134 Å². The Morgan fingerprint density at radius 1 is 1.26 bits per heavy atom. The second kappa shape index (κ2) is 6.62. The maximum atomic E-state index is 8.90. The normalized spacial score (nSPS) is 10.9. The van der Waals surface area contributed by atoms with E-state index < -0.39 is 0 Å². The van der Waals surface area contributed by atoms with E-state index in [-0.39, 0.29) is 6.61 Å². The van der Waals surface area contributed by atoms with Gasteiger partial charge in [0.05, 0.1) is 11.6 Å². The van der Waals surface area contributed by atoms with Crippen molar-refractivity contribution in [1.29, 1.82) is 0 Å². The van der Waals surface area contributed by atoms with Crippen molar-refractivity contribution in [3.63, 3.8) is 0 Å². The van der Waals surface area contributed by atoms with Gasteiger partial charge in [-0.05, 0) is 31.0 Å². The lowest BCUT2D eigenvalue weighted by atomic mass is 10.2. The summed E-state index contributed by atoms with van der Waals surface area (Å²) in [6.45, 7) is 2.80. The summed E-state index contributed by atoms with van der Waals surface area (Å²) in [4.78, 5) is 9.03. The first kappa shape index (κ1) is 15.2. The minimum atomic E-state index is 0.134. The van der Waals surface area contributed by atoms with Gasteiger partial charge in [-0.1, -0.05) is 12.1 Å². The van der Waals surface area contributed by atoms with E-state index in [9.17, 15) is 0 Å². The van der Waals surface area contributed by atoms with E-state index >= 15 is 0 Å². The number of benzene rings is 1. The lowest BCUT2D eigenvalue weighted by Crippen LogP contribution is -2.09. The number of hydrogen-bond donors (Lipinski definition) is 3. The first-order valence-corrected chi connectivity index (χ1v) is 7.55. The van der Waals surface area contributed by atoms with Gasteiger partial charge in [0.2, 0.25) is 5.95 Å². The number of rotatable bonds is 6. The molecule has 23 heavy (non-hydrogen) atoms. The van der Waals surface area contributed by atoms with Gasteiger partial charge in [-0.2, -0.15) is 15.1 Å². The predicted octanol–water partition coefficient (Wildman–Crippen LogP) is 2.21. The van der Waals surface area contributed by atoms with Crippen LogP contribution in [0.15, 0.2) is 30.5 Å². The van der Waals surface area contributed by atoms with Crippen LogP contribution in [0.25, 0.3) is 11.0 Å². The van der Waals surface area contributed by atoms with E-state index in [2.05, 4.69) is 31.8 Å². The fourth-order valence-electron chi connectivity index (χ4n) is 2.34. The Bertz CT molecular complexity index is 813. The molecule has 120 valence electrons. The molecule has 0 bridgehead atoms. The fourth-order valence-corrected chi connectivity index (χ4v) is 2.34. The van der Waals surface area contributed by atoms with Crippen LogP contribution in [-0.4, -0.2) is 38.0 Å². The van der Waals surface area contributed by atoms with Crippen LogP contribution in [0.2, 0.25) is 0 Å². The summed E-state index contributed by atoms with van der Waals surface area (Å²) in [7, 11) is 1.85. The minimum absolute atomic E-state index is 0.134. The van der Waals surface area contributed by atoms with E-state index in [4.69, 9.17) is 5.11 Å². The lowest BCUT2D eigenvalue weighted by Gasteiger charge is -2.10.